The molecule has 0 aliphatic carbocycles. The molecule has 50 valence electrons. The molecule has 0 amide bonds. The Morgan fingerprint density at radius 2 is 2.12 bits per heavy atom. The number of hydrogen-bond donors (Lipinski definition) is 0. The van der Waals surface area contributed by atoms with Gasteiger partial charge in [0.2, 0.25) is 0 Å². The molecule has 0 bridgehead atoms. The van der Waals surface area contributed by atoms with Crippen LogP contribution < -0.4 is 0 Å². The molecular formula is C5H10BrFO. The van der Waals surface area contributed by atoms with Gasteiger partial charge in [-0.25, -0.2) is 0 Å². The predicted octanol–water partition coefficient (Wildman–Crippen LogP) is 1.76. The molecule has 0 fully saturated rings. The molecule has 0 aromatic rings. The molecule has 1 nitrogen and oxygen atoms in total. The lowest BCUT2D eigenvalue weighted by Crippen LogP contribution is -1.97. The van der Waals surface area contributed by atoms with E-state index in [1.165, 1.54) is 0 Å². The van der Waals surface area contributed by atoms with Crippen molar-refractivity contribution >= 4 is 15.9 Å². The van der Waals surface area contributed by atoms with Crippen LogP contribution in [-0.2, 0) is 4.74 Å². The highest BCUT2D eigenvalue weighted by atomic mass is 79.9. The van der Waals surface area contributed by atoms with Crippen LogP contribution in [0.4, 0.5) is 4.39 Å². The first-order valence-electron chi connectivity index (χ1n) is 2.61. The summed E-state index contributed by atoms with van der Waals surface area (Å²) in [5.41, 5.74) is 0. The summed E-state index contributed by atoms with van der Waals surface area (Å²) in [6.45, 7) is 0.949. The van der Waals surface area contributed by atoms with Gasteiger partial charge >= 0.3 is 0 Å². The van der Waals surface area contributed by atoms with Crippen molar-refractivity contribution in [2.24, 2.45) is 0 Å². The minimum atomic E-state index is -0.276. The molecule has 0 rings (SSSR count). The Bertz CT molecular complexity index is 37.4. The Hall–Kier alpha value is 0.370. The van der Waals surface area contributed by atoms with Gasteiger partial charge in [-0.05, 0) is 6.42 Å². The fourth-order valence-corrected chi connectivity index (χ4v) is 0.542. The molecule has 0 aromatic heterocycles. The molecule has 0 unspecified atom stereocenters. The summed E-state index contributed by atoms with van der Waals surface area (Å²) in [5.74, 6) is 0. The zero-order chi connectivity index (χ0) is 6.24. The van der Waals surface area contributed by atoms with Crippen molar-refractivity contribution < 1.29 is 9.13 Å². The van der Waals surface area contributed by atoms with Crippen LogP contribution in [0, 0.1) is 0 Å². The van der Waals surface area contributed by atoms with E-state index in [0.717, 1.165) is 5.33 Å². The molecular weight excluding hydrogens is 175 g/mol. The summed E-state index contributed by atoms with van der Waals surface area (Å²) >= 11 is 3.18. The van der Waals surface area contributed by atoms with Crippen LogP contribution >= 0.6 is 15.9 Å². The van der Waals surface area contributed by atoms with Gasteiger partial charge < -0.3 is 4.74 Å². The molecule has 0 heterocycles. The van der Waals surface area contributed by atoms with Crippen molar-refractivity contribution in [1.82, 2.24) is 0 Å². The fourth-order valence-electron chi connectivity index (χ4n) is 0.313. The fraction of sp³-hybridized carbons (Fsp3) is 1.00. The molecule has 0 atom stereocenters. The van der Waals surface area contributed by atoms with Gasteiger partial charge in [-0.2, -0.15) is 0 Å². The van der Waals surface area contributed by atoms with Crippen LogP contribution in [0.5, 0.6) is 0 Å². The molecule has 8 heavy (non-hydrogen) atoms. The first-order valence-corrected chi connectivity index (χ1v) is 3.73. The third-order valence-electron chi connectivity index (χ3n) is 0.644. The summed E-state index contributed by atoms with van der Waals surface area (Å²) in [5, 5.41) is 0.833. The second-order valence-corrected chi connectivity index (χ2v) is 2.14. The summed E-state index contributed by atoms with van der Waals surface area (Å²) in [6, 6.07) is 0. The second kappa shape index (κ2) is 7.37. The van der Waals surface area contributed by atoms with E-state index in [0.29, 0.717) is 19.6 Å². The number of ether oxygens (including phenoxy) is 1. The standard InChI is InChI=1S/C5H10BrFO/c6-2-5-8-4-1-3-7/h1-5H2. The first kappa shape index (κ1) is 8.37. The monoisotopic (exact) mass is 184 g/mol. The van der Waals surface area contributed by atoms with Crippen LogP contribution in [0.1, 0.15) is 6.42 Å². The average Bonchev–Trinajstić information content (AvgIpc) is 1.81. The third-order valence-corrected chi connectivity index (χ3v) is 0.968. The molecule has 0 N–H and O–H groups in total. The van der Waals surface area contributed by atoms with Crippen molar-refractivity contribution in [2.45, 2.75) is 6.42 Å². The zero-order valence-corrected chi connectivity index (χ0v) is 6.29. The second-order valence-electron chi connectivity index (χ2n) is 1.34. The molecule has 0 saturated heterocycles. The highest BCUT2D eigenvalue weighted by Crippen LogP contribution is 1.85. The van der Waals surface area contributed by atoms with E-state index in [9.17, 15) is 4.39 Å². The van der Waals surface area contributed by atoms with Gasteiger partial charge in [-0.15, -0.1) is 0 Å². The topological polar surface area (TPSA) is 9.23 Å². The lowest BCUT2D eigenvalue weighted by molar-refractivity contribution is 0.142. The van der Waals surface area contributed by atoms with Gasteiger partial charge in [0.15, 0.2) is 0 Å². The third kappa shape index (κ3) is 6.37. The maximum Gasteiger partial charge on any atom is 0.0916 e. The lowest BCUT2D eigenvalue weighted by atomic mass is 10.5. The van der Waals surface area contributed by atoms with Crippen LogP contribution in [0.3, 0.4) is 0 Å². The van der Waals surface area contributed by atoms with E-state index in [2.05, 4.69) is 15.9 Å². The van der Waals surface area contributed by atoms with Crippen molar-refractivity contribution in [2.75, 3.05) is 25.2 Å². The van der Waals surface area contributed by atoms with Crippen molar-refractivity contribution in [3.63, 3.8) is 0 Å². The van der Waals surface area contributed by atoms with E-state index >= 15 is 0 Å². The Balaban J connectivity index is 2.53. The summed E-state index contributed by atoms with van der Waals surface area (Å²) < 4.78 is 16.3. The SMILES string of the molecule is FCCCOCCBr. The van der Waals surface area contributed by atoms with Crippen LogP contribution in [-0.4, -0.2) is 25.2 Å². The normalized spacial score (nSPS) is 9.75. The summed E-state index contributed by atoms with van der Waals surface area (Å²) in [6.07, 6.45) is 0.521. The van der Waals surface area contributed by atoms with E-state index in [-0.39, 0.29) is 6.67 Å². The molecule has 0 spiro atoms. The van der Waals surface area contributed by atoms with Gasteiger partial charge in [0.25, 0.3) is 0 Å². The van der Waals surface area contributed by atoms with Crippen LogP contribution in [0.2, 0.25) is 0 Å². The van der Waals surface area contributed by atoms with E-state index in [4.69, 9.17) is 4.74 Å². The highest BCUT2D eigenvalue weighted by Gasteiger charge is 1.84. The maximum atomic E-state index is 11.3. The minimum Gasteiger partial charge on any atom is -0.380 e. The van der Waals surface area contributed by atoms with Crippen molar-refractivity contribution in [3.05, 3.63) is 0 Å². The van der Waals surface area contributed by atoms with E-state index < -0.39 is 0 Å². The van der Waals surface area contributed by atoms with Crippen molar-refractivity contribution in [3.8, 4) is 0 Å². The summed E-state index contributed by atoms with van der Waals surface area (Å²) in [4.78, 5) is 0. The number of rotatable bonds is 5. The molecule has 0 radical (unpaired) electrons. The van der Waals surface area contributed by atoms with Gasteiger partial charge in [0, 0.05) is 11.9 Å². The number of alkyl halides is 2. The van der Waals surface area contributed by atoms with Gasteiger partial charge in [0.05, 0.1) is 13.3 Å². The molecule has 0 aliphatic rings. The molecule has 0 saturated carbocycles. The Morgan fingerprint density at radius 1 is 1.38 bits per heavy atom. The lowest BCUT2D eigenvalue weighted by Gasteiger charge is -1.96. The van der Waals surface area contributed by atoms with Gasteiger partial charge in [0.1, 0.15) is 0 Å². The molecule has 0 aromatic carbocycles. The Labute approximate surface area is 57.3 Å². The summed E-state index contributed by atoms with van der Waals surface area (Å²) in [7, 11) is 0. The quantitative estimate of drug-likeness (QED) is 0.468. The Kier molecular flexibility index (Phi) is 7.71. The first-order chi connectivity index (χ1) is 3.91. The van der Waals surface area contributed by atoms with Crippen LogP contribution in [0.15, 0.2) is 0 Å². The molecule has 0 aliphatic heterocycles. The highest BCUT2D eigenvalue weighted by molar-refractivity contribution is 9.09. The Morgan fingerprint density at radius 3 is 2.62 bits per heavy atom. The maximum absolute atomic E-state index is 11.3. The minimum absolute atomic E-state index is 0.276. The number of halogens is 2. The predicted molar refractivity (Wildman–Crippen MR) is 35.2 cm³/mol. The largest absolute Gasteiger partial charge is 0.380 e. The van der Waals surface area contributed by atoms with Gasteiger partial charge in [-0.3, -0.25) is 4.39 Å². The van der Waals surface area contributed by atoms with Crippen molar-refractivity contribution in [1.29, 1.82) is 0 Å². The molecule has 3 heteroatoms. The van der Waals surface area contributed by atoms with Crippen LogP contribution in [0.25, 0.3) is 0 Å². The average molecular weight is 185 g/mol. The van der Waals surface area contributed by atoms with Gasteiger partial charge in [-0.1, -0.05) is 15.9 Å². The zero-order valence-electron chi connectivity index (χ0n) is 4.70. The smallest absolute Gasteiger partial charge is 0.0916 e. The van der Waals surface area contributed by atoms with E-state index in [1.807, 2.05) is 0 Å². The number of hydrogen-bond acceptors (Lipinski definition) is 1. The van der Waals surface area contributed by atoms with E-state index in [1.54, 1.807) is 0 Å².